The minimum absolute atomic E-state index is 0.0402. The third kappa shape index (κ3) is 3.47. The van der Waals surface area contributed by atoms with Gasteiger partial charge >= 0.3 is 0 Å². The van der Waals surface area contributed by atoms with Crippen molar-refractivity contribution in [2.75, 3.05) is 0 Å². The van der Waals surface area contributed by atoms with Gasteiger partial charge in [0.1, 0.15) is 10.8 Å². The van der Waals surface area contributed by atoms with Crippen molar-refractivity contribution in [2.45, 2.75) is 32.8 Å². The number of aromatic nitrogens is 1. The first-order chi connectivity index (χ1) is 10.0. The Balaban J connectivity index is 2.37. The van der Waals surface area contributed by atoms with Gasteiger partial charge in [-0.25, -0.2) is 4.98 Å². The molecule has 0 bridgehead atoms. The molecular weight excluding hydrogens is 284 g/mol. The Morgan fingerprint density at radius 3 is 2.67 bits per heavy atom. The number of hydrogen-bond acceptors (Lipinski definition) is 5. The molecule has 0 fully saturated rings. The lowest BCUT2D eigenvalue weighted by atomic mass is 9.98. The second kappa shape index (κ2) is 6.51. The standard InChI is InChI=1S/C16H16N2O2S/c1-10(2)20-14-7-5-4-6-12(14)15(19)13(8-17)16-18-11(3)9-21-16/h4-7,9-10,13H,1-3H3. The van der Waals surface area contributed by atoms with E-state index in [1.807, 2.05) is 32.2 Å². The summed E-state index contributed by atoms with van der Waals surface area (Å²) in [5.74, 6) is -0.658. The van der Waals surface area contributed by atoms with Gasteiger partial charge in [0.25, 0.3) is 0 Å². The highest BCUT2D eigenvalue weighted by Crippen LogP contribution is 2.28. The summed E-state index contributed by atoms with van der Waals surface area (Å²) in [6, 6.07) is 9.06. The number of carbonyl (C=O) groups is 1. The lowest BCUT2D eigenvalue weighted by Crippen LogP contribution is -2.15. The number of para-hydroxylation sites is 1. The van der Waals surface area contributed by atoms with Gasteiger partial charge in [-0.3, -0.25) is 4.79 Å². The van der Waals surface area contributed by atoms with E-state index in [0.717, 1.165) is 5.69 Å². The molecule has 1 unspecified atom stereocenters. The summed E-state index contributed by atoms with van der Waals surface area (Å²) in [6.45, 7) is 5.63. The predicted octanol–water partition coefficient (Wildman–Crippen LogP) is 3.73. The van der Waals surface area contributed by atoms with Crippen LogP contribution in [0.3, 0.4) is 0 Å². The van der Waals surface area contributed by atoms with Gasteiger partial charge in [0.2, 0.25) is 0 Å². The zero-order valence-corrected chi connectivity index (χ0v) is 13.0. The molecule has 5 heteroatoms. The Labute approximate surface area is 128 Å². The van der Waals surface area contributed by atoms with Crippen LogP contribution in [0.15, 0.2) is 29.6 Å². The van der Waals surface area contributed by atoms with Gasteiger partial charge < -0.3 is 4.74 Å². The number of benzene rings is 1. The fraction of sp³-hybridized carbons (Fsp3) is 0.312. The van der Waals surface area contributed by atoms with E-state index < -0.39 is 5.92 Å². The van der Waals surface area contributed by atoms with E-state index in [1.54, 1.807) is 18.2 Å². The van der Waals surface area contributed by atoms with Gasteiger partial charge in [0.05, 0.1) is 17.7 Å². The Kier molecular flexibility index (Phi) is 4.71. The smallest absolute Gasteiger partial charge is 0.190 e. The van der Waals surface area contributed by atoms with Crippen molar-refractivity contribution in [2.24, 2.45) is 0 Å². The maximum Gasteiger partial charge on any atom is 0.190 e. The van der Waals surface area contributed by atoms with Crippen LogP contribution in [0, 0.1) is 18.3 Å². The molecule has 1 aromatic heterocycles. The minimum atomic E-state index is -0.888. The zero-order valence-electron chi connectivity index (χ0n) is 12.2. The van der Waals surface area contributed by atoms with Gasteiger partial charge in [0, 0.05) is 11.1 Å². The number of hydrogen-bond donors (Lipinski definition) is 0. The summed E-state index contributed by atoms with van der Waals surface area (Å²) in [6.07, 6.45) is -0.0402. The molecule has 0 spiro atoms. The monoisotopic (exact) mass is 300 g/mol. The van der Waals surface area contributed by atoms with Crippen LogP contribution in [0.5, 0.6) is 5.75 Å². The summed E-state index contributed by atoms with van der Waals surface area (Å²) in [5, 5.41) is 11.7. The van der Waals surface area contributed by atoms with Crippen molar-refractivity contribution in [1.29, 1.82) is 5.26 Å². The number of thiazole rings is 1. The van der Waals surface area contributed by atoms with Crippen LogP contribution in [0.1, 0.15) is 40.8 Å². The Bertz CT molecular complexity index is 686. The predicted molar refractivity (Wildman–Crippen MR) is 81.7 cm³/mol. The highest BCUT2D eigenvalue weighted by atomic mass is 32.1. The molecular formula is C16H16N2O2S. The molecule has 0 saturated heterocycles. The fourth-order valence-corrected chi connectivity index (χ4v) is 2.75. The summed E-state index contributed by atoms with van der Waals surface area (Å²) in [7, 11) is 0. The highest BCUT2D eigenvalue weighted by Gasteiger charge is 2.27. The van der Waals surface area contributed by atoms with Crippen LogP contribution < -0.4 is 4.74 Å². The first-order valence-electron chi connectivity index (χ1n) is 6.64. The molecule has 21 heavy (non-hydrogen) atoms. The lowest BCUT2D eigenvalue weighted by Gasteiger charge is -2.14. The second-order valence-corrected chi connectivity index (χ2v) is 5.81. The lowest BCUT2D eigenvalue weighted by molar-refractivity contribution is 0.0973. The van der Waals surface area contributed by atoms with Crippen molar-refractivity contribution in [3.8, 4) is 11.8 Å². The fourth-order valence-electron chi connectivity index (χ4n) is 1.91. The van der Waals surface area contributed by atoms with Gasteiger partial charge in [-0.1, -0.05) is 12.1 Å². The third-order valence-corrected chi connectivity index (χ3v) is 3.82. The molecule has 0 aliphatic rings. The molecule has 0 N–H and O–H groups in total. The quantitative estimate of drug-likeness (QED) is 0.789. The Hall–Kier alpha value is -2.19. The average molecular weight is 300 g/mol. The van der Waals surface area contributed by atoms with E-state index >= 15 is 0 Å². The van der Waals surface area contributed by atoms with Crippen LogP contribution in [-0.2, 0) is 0 Å². The summed E-state index contributed by atoms with van der Waals surface area (Å²) >= 11 is 1.33. The highest BCUT2D eigenvalue weighted by molar-refractivity contribution is 7.10. The molecule has 0 aliphatic carbocycles. The molecule has 2 aromatic rings. The average Bonchev–Trinajstić information content (AvgIpc) is 2.86. The van der Waals surface area contributed by atoms with Crippen LogP contribution in [0.2, 0.25) is 0 Å². The van der Waals surface area contributed by atoms with E-state index in [-0.39, 0.29) is 11.9 Å². The summed E-state index contributed by atoms with van der Waals surface area (Å²) in [5.41, 5.74) is 1.24. The summed E-state index contributed by atoms with van der Waals surface area (Å²) in [4.78, 5) is 16.9. The normalized spacial score (nSPS) is 12.0. The van der Waals surface area contributed by atoms with Crippen LogP contribution >= 0.6 is 11.3 Å². The zero-order chi connectivity index (χ0) is 15.4. The molecule has 2 rings (SSSR count). The largest absolute Gasteiger partial charge is 0.490 e. The van der Waals surface area contributed by atoms with E-state index in [4.69, 9.17) is 4.74 Å². The van der Waals surface area contributed by atoms with Crippen molar-refractivity contribution < 1.29 is 9.53 Å². The Morgan fingerprint density at radius 2 is 2.10 bits per heavy atom. The van der Waals surface area contributed by atoms with E-state index in [9.17, 15) is 10.1 Å². The Morgan fingerprint density at radius 1 is 1.38 bits per heavy atom. The number of aryl methyl sites for hydroxylation is 1. The molecule has 0 amide bonds. The van der Waals surface area contributed by atoms with Gasteiger partial charge in [-0.15, -0.1) is 11.3 Å². The first-order valence-corrected chi connectivity index (χ1v) is 7.52. The first kappa shape index (κ1) is 15.2. The second-order valence-electron chi connectivity index (χ2n) is 4.92. The van der Waals surface area contributed by atoms with Crippen LogP contribution in [0.25, 0.3) is 0 Å². The number of carbonyl (C=O) groups excluding carboxylic acids is 1. The number of ketones is 1. The molecule has 1 atom stereocenters. The van der Waals surface area contributed by atoms with Crippen molar-refractivity contribution >= 4 is 17.1 Å². The molecule has 1 heterocycles. The maximum atomic E-state index is 12.7. The summed E-state index contributed by atoms with van der Waals surface area (Å²) < 4.78 is 5.65. The molecule has 0 aliphatic heterocycles. The van der Waals surface area contributed by atoms with Crippen molar-refractivity contribution in [3.05, 3.63) is 45.9 Å². The molecule has 1 aromatic carbocycles. The number of Topliss-reactive ketones (excluding diaryl/α,β-unsaturated/α-hetero) is 1. The molecule has 108 valence electrons. The molecule has 0 radical (unpaired) electrons. The maximum absolute atomic E-state index is 12.7. The van der Waals surface area contributed by atoms with Crippen LogP contribution in [-0.4, -0.2) is 16.9 Å². The van der Waals surface area contributed by atoms with Gasteiger partial charge in [-0.2, -0.15) is 5.26 Å². The van der Waals surface area contributed by atoms with E-state index in [1.165, 1.54) is 11.3 Å². The van der Waals surface area contributed by atoms with Crippen molar-refractivity contribution in [1.82, 2.24) is 4.98 Å². The van der Waals surface area contributed by atoms with Crippen LogP contribution in [0.4, 0.5) is 0 Å². The number of ether oxygens (including phenoxy) is 1. The molecule has 0 saturated carbocycles. The number of rotatable bonds is 5. The number of nitrogens with zero attached hydrogens (tertiary/aromatic N) is 2. The molecule has 4 nitrogen and oxygen atoms in total. The van der Waals surface area contributed by atoms with Gasteiger partial charge in [0.15, 0.2) is 11.7 Å². The van der Waals surface area contributed by atoms with E-state index in [0.29, 0.717) is 16.3 Å². The third-order valence-electron chi connectivity index (χ3n) is 2.79. The SMILES string of the molecule is Cc1csc(C(C#N)C(=O)c2ccccc2OC(C)C)n1. The minimum Gasteiger partial charge on any atom is -0.490 e. The topological polar surface area (TPSA) is 63.0 Å². The van der Waals surface area contributed by atoms with E-state index in [2.05, 4.69) is 11.1 Å². The van der Waals surface area contributed by atoms with Crippen molar-refractivity contribution in [3.63, 3.8) is 0 Å². The van der Waals surface area contributed by atoms with Gasteiger partial charge in [-0.05, 0) is 32.9 Å². The number of nitriles is 1.